The van der Waals surface area contributed by atoms with Crippen molar-refractivity contribution in [1.82, 2.24) is 9.55 Å². The van der Waals surface area contributed by atoms with E-state index in [1.165, 1.54) is 23.9 Å². The van der Waals surface area contributed by atoms with Gasteiger partial charge < -0.3 is 15.6 Å². The molecule has 5 nitrogen and oxygen atoms in total. The predicted molar refractivity (Wildman–Crippen MR) is 123 cm³/mol. The number of nitrogens with zero attached hydrogens (tertiary/aromatic N) is 3. The summed E-state index contributed by atoms with van der Waals surface area (Å²) in [7, 11) is 0. The summed E-state index contributed by atoms with van der Waals surface area (Å²) >= 11 is 0. The minimum atomic E-state index is 0. The van der Waals surface area contributed by atoms with Gasteiger partial charge in [-0.1, -0.05) is 38.1 Å². The number of imidazole rings is 1. The van der Waals surface area contributed by atoms with Crippen LogP contribution in [-0.2, 0) is 6.54 Å². The number of nitrogens with two attached hydrogens (primary N) is 1. The van der Waals surface area contributed by atoms with Gasteiger partial charge in [0, 0.05) is 11.7 Å². The lowest BCUT2D eigenvalue weighted by Gasteiger charge is -2.10. The molecular formula is C21H26IN5. The number of hydrogen-bond acceptors (Lipinski definition) is 2. The zero-order chi connectivity index (χ0) is 18.1. The van der Waals surface area contributed by atoms with E-state index in [9.17, 15) is 0 Å². The molecule has 1 aromatic heterocycles. The molecule has 1 saturated carbocycles. The number of rotatable bonds is 5. The Balaban J connectivity index is 0.00000210. The van der Waals surface area contributed by atoms with Crippen LogP contribution in [0.2, 0.25) is 0 Å². The molecule has 4 rings (SSSR count). The van der Waals surface area contributed by atoms with Crippen LogP contribution in [0.5, 0.6) is 0 Å². The first-order valence-electron chi connectivity index (χ1n) is 9.24. The Hall–Kier alpha value is -2.09. The number of fused-ring (bicyclic) bond motifs is 1. The van der Waals surface area contributed by atoms with E-state index in [0.717, 1.165) is 17.0 Å². The van der Waals surface area contributed by atoms with Gasteiger partial charge in [-0.2, -0.15) is 0 Å². The van der Waals surface area contributed by atoms with Gasteiger partial charge in [0.2, 0.25) is 0 Å². The van der Waals surface area contributed by atoms with Crippen molar-refractivity contribution < 1.29 is 0 Å². The fraction of sp³-hybridized carbons (Fsp3) is 0.333. The van der Waals surface area contributed by atoms with E-state index in [4.69, 9.17) is 10.7 Å². The van der Waals surface area contributed by atoms with E-state index < -0.39 is 0 Å². The van der Waals surface area contributed by atoms with Gasteiger partial charge in [0.1, 0.15) is 12.4 Å². The Morgan fingerprint density at radius 2 is 2.00 bits per heavy atom. The van der Waals surface area contributed by atoms with Crippen LogP contribution in [0.1, 0.15) is 50.0 Å². The van der Waals surface area contributed by atoms with Crippen LogP contribution in [0.4, 0.5) is 5.69 Å². The first kappa shape index (κ1) is 19.7. The molecule has 0 atom stereocenters. The largest absolute Gasteiger partial charge is 0.370 e. The van der Waals surface area contributed by atoms with Gasteiger partial charge in [-0.05, 0) is 48.6 Å². The highest BCUT2D eigenvalue weighted by molar-refractivity contribution is 14.0. The first-order valence-corrected chi connectivity index (χ1v) is 9.24. The van der Waals surface area contributed by atoms with Gasteiger partial charge in [0.15, 0.2) is 5.96 Å². The third-order valence-electron chi connectivity index (χ3n) is 4.80. The molecular weight excluding hydrogens is 449 g/mol. The quantitative estimate of drug-likeness (QED) is 0.309. The van der Waals surface area contributed by atoms with Crippen LogP contribution in [0, 0.1) is 0 Å². The molecule has 6 heteroatoms. The topological polar surface area (TPSA) is 68.2 Å². The van der Waals surface area contributed by atoms with E-state index in [2.05, 4.69) is 59.1 Å². The van der Waals surface area contributed by atoms with Crippen LogP contribution < -0.4 is 11.1 Å². The van der Waals surface area contributed by atoms with E-state index in [1.807, 2.05) is 18.2 Å². The van der Waals surface area contributed by atoms with Crippen molar-refractivity contribution in [2.45, 2.75) is 45.2 Å². The molecule has 27 heavy (non-hydrogen) atoms. The molecule has 2 aromatic carbocycles. The summed E-state index contributed by atoms with van der Waals surface area (Å²) in [5.41, 5.74) is 10.6. The lowest BCUT2D eigenvalue weighted by molar-refractivity contribution is 0.702. The van der Waals surface area contributed by atoms with Crippen LogP contribution in [-0.4, -0.2) is 15.5 Å². The van der Waals surface area contributed by atoms with Crippen molar-refractivity contribution in [3.8, 4) is 0 Å². The Morgan fingerprint density at radius 3 is 2.74 bits per heavy atom. The molecule has 0 radical (unpaired) electrons. The van der Waals surface area contributed by atoms with Gasteiger partial charge in [-0.3, -0.25) is 0 Å². The van der Waals surface area contributed by atoms with E-state index in [0.29, 0.717) is 24.5 Å². The molecule has 1 aliphatic rings. The molecule has 0 aliphatic heterocycles. The standard InChI is InChI=1S/C21H25N5.HI/c1-14(2)15-6-5-7-16(12-15)24-21(22)23-13-20-25-18-8-3-4-9-19(18)26(20)17-10-11-17;/h3-9,12,14,17H,10-11,13H2,1-2H3,(H3,22,23,24);1H. The lowest BCUT2D eigenvalue weighted by Crippen LogP contribution is -2.23. The SMILES string of the molecule is CC(C)c1cccc(NC(N)=NCc2nc3ccccc3n2C2CC2)c1.I. The number of benzene rings is 2. The lowest BCUT2D eigenvalue weighted by atomic mass is 10.0. The van der Waals surface area contributed by atoms with Gasteiger partial charge in [-0.25, -0.2) is 9.98 Å². The molecule has 0 spiro atoms. The highest BCUT2D eigenvalue weighted by Crippen LogP contribution is 2.38. The van der Waals surface area contributed by atoms with Crippen molar-refractivity contribution in [2.24, 2.45) is 10.7 Å². The zero-order valence-corrected chi connectivity index (χ0v) is 18.1. The third-order valence-corrected chi connectivity index (χ3v) is 4.80. The monoisotopic (exact) mass is 475 g/mol. The van der Waals surface area contributed by atoms with Crippen molar-refractivity contribution in [3.05, 3.63) is 59.9 Å². The number of para-hydroxylation sites is 2. The maximum atomic E-state index is 6.12. The van der Waals surface area contributed by atoms with Crippen LogP contribution in [0.3, 0.4) is 0 Å². The maximum Gasteiger partial charge on any atom is 0.193 e. The number of nitrogens with one attached hydrogen (secondary N) is 1. The number of halogens is 1. The normalized spacial score (nSPS) is 14.4. The number of aliphatic imine (C=N–C) groups is 1. The van der Waals surface area contributed by atoms with E-state index in [1.54, 1.807) is 0 Å². The summed E-state index contributed by atoms with van der Waals surface area (Å²) in [5.74, 6) is 1.88. The number of aromatic nitrogens is 2. The fourth-order valence-electron chi connectivity index (χ4n) is 3.26. The Labute approximate surface area is 177 Å². The van der Waals surface area contributed by atoms with Crippen LogP contribution in [0.15, 0.2) is 53.5 Å². The maximum absolute atomic E-state index is 6.12. The van der Waals surface area contributed by atoms with Crippen molar-refractivity contribution in [2.75, 3.05) is 5.32 Å². The molecule has 0 saturated heterocycles. The number of anilines is 1. The third kappa shape index (κ3) is 4.43. The molecule has 1 fully saturated rings. The Bertz CT molecular complexity index is 956. The second-order valence-electron chi connectivity index (χ2n) is 7.22. The first-order chi connectivity index (χ1) is 12.6. The summed E-state index contributed by atoms with van der Waals surface area (Å²) in [4.78, 5) is 9.29. The van der Waals surface area contributed by atoms with Crippen LogP contribution in [0.25, 0.3) is 11.0 Å². The highest BCUT2D eigenvalue weighted by Gasteiger charge is 2.27. The van der Waals surface area contributed by atoms with Gasteiger partial charge in [0.05, 0.1) is 11.0 Å². The molecule has 0 unspecified atom stereocenters. The Morgan fingerprint density at radius 1 is 1.22 bits per heavy atom. The molecule has 1 heterocycles. The second-order valence-corrected chi connectivity index (χ2v) is 7.22. The smallest absolute Gasteiger partial charge is 0.193 e. The zero-order valence-electron chi connectivity index (χ0n) is 15.7. The molecule has 0 amide bonds. The van der Waals surface area contributed by atoms with Gasteiger partial charge in [0.25, 0.3) is 0 Å². The molecule has 1 aliphatic carbocycles. The summed E-state index contributed by atoms with van der Waals surface area (Å²) in [6.45, 7) is 4.84. The minimum Gasteiger partial charge on any atom is -0.370 e. The predicted octanol–water partition coefficient (Wildman–Crippen LogP) is 5.04. The van der Waals surface area contributed by atoms with Crippen molar-refractivity contribution in [1.29, 1.82) is 0 Å². The van der Waals surface area contributed by atoms with Crippen molar-refractivity contribution in [3.63, 3.8) is 0 Å². The van der Waals surface area contributed by atoms with Gasteiger partial charge in [-0.15, -0.1) is 24.0 Å². The molecule has 3 aromatic rings. The second kappa shape index (κ2) is 8.29. The number of hydrogen-bond donors (Lipinski definition) is 2. The fourth-order valence-corrected chi connectivity index (χ4v) is 3.26. The average molecular weight is 475 g/mol. The average Bonchev–Trinajstić information content (AvgIpc) is 3.40. The molecule has 0 bridgehead atoms. The van der Waals surface area contributed by atoms with Crippen LogP contribution >= 0.6 is 24.0 Å². The summed E-state index contributed by atoms with van der Waals surface area (Å²) < 4.78 is 2.32. The number of guanidine groups is 1. The summed E-state index contributed by atoms with van der Waals surface area (Å²) in [6.07, 6.45) is 2.43. The van der Waals surface area contributed by atoms with Crippen molar-refractivity contribution >= 4 is 46.7 Å². The summed E-state index contributed by atoms with van der Waals surface area (Å²) in [6, 6.07) is 17.1. The molecule has 142 valence electrons. The van der Waals surface area contributed by atoms with E-state index in [-0.39, 0.29) is 24.0 Å². The highest BCUT2D eigenvalue weighted by atomic mass is 127. The minimum absolute atomic E-state index is 0. The van der Waals surface area contributed by atoms with Gasteiger partial charge >= 0.3 is 0 Å². The summed E-state index contributed by atoms with van der Waals surface area (Å²) in [5, 5.41) is 3.20. The Kier molecular flexibility index (Phi) is 6.04. The van der Waals surface area contributed by atoms with E-state index >= 15 is 0 Å². The molecule has 3 N–H and O–H groups in total.